The Bertz CT molecular complexity index is 632. The third-order valence-electron chi connectivity index (χ3n) is 2.80. The predicted molar refractivity (Wildman–Crippen MR) is 87.3 cm³/mol. The minimum absolute atomic E-state index is 0.313. The SMILES string of the molecule is COc1ccc(CNC(=S)NNC(=O)c2ccccn2)cc1. The molecule has 1 heterocycles. The van der Waals surface area contributed by atoms with E-state index in [1.165, 1.54) is 0 Å². The lowest BCUT2D eigenvalue weighted by Gasteiger charge is -2.11. The summed E-state index contributed by atoms with van der Waals surface area (Å²) >= 11 is 5.09. The van der Waals surface area contributed by atoms with E-state index >= 15 is 0 Å². The van der Waals surface area contributed by atoms with Crippen LogP contribution in [-0.2, 0) is 6.54 Å². The van der Waals surface area contributed by atoms with Gasteiger partial charge in [0.05, 0.1) is 7.11 Å². The summed E-state index contributed by atoms with van der Waals surface area (Å²) in [6.45, 7) is 0.537. The van der Waals surface area contributed by atoms with Crippen LogP contribution >= 0.6 is 12.2 Å². The van der Waals surface area contributed by atoms with Gasteiger partial charge in [-0.15, -0.1) is 0 Å². The molecule has 0 fully saturated rings. The number of hydrogen-bond acceptors (Lipinski definition) is 4. The monoisotopic (exact) mass is 316 g/mol. The second-order valence-corrected chi connectivity index (χ2v) is 4.73. The molecule has 6 nitrogen and oxygen atoms in total. The third-order valence-corrected chi connectivity index (χ3v) is 3.05. The van der Waals surface area contributed by atoms with Gasteiger partial charge >= 0.3 is 0 Å². The number of amides is 1. The number of carbonyl (C=O) groups is 1. The summed E-state index contributed by atoms with van der Waals surface area (Å²) < 4.78 is 5.09. The summed E-state index contributed by atoms with van der Waals surface area (Å²) in [5.41, 5.74) is 6.46. The van der Waals surface area contributed by atoms with E-state index in [4.69, 9.17) is 17.0 Å². The number of hydrazine groups is 1. The largest absolute Gasteiger partial charge is 0.497 e. The number of rotatable bonds is 4. The molecule has 22 heavy (non-hydrogen) atoms. The average Bonchev–Trinajstić information content (AvgIpc) is 2.59. The van der Waals surface area contributed by atoms with E-state index in [9.17, 15) is 4.79 Å². The van der Waals surface area contributed by atoms with Gasteiger partial charge in [0.15, 0.2) is 5.11 Å². The molecular formula is C15H16N4O2S. The second-order valence-electron chi connectivity index (χ2n) is 4.32. The van der Waals surface area contributed by atoms with Crippen LogP contribution in [0.2, 0.25) is 0 Å². The van der Waals surface area contributed by atoms with Crippen molar-refractivity contribution in [3.8, 4) is 5.75 Å². The Labute approximate surface area is 133 Å². The van der Waals surface area contributed by atoms with Crippen LogP contribution in [0.4, 0.5) is 0 Å². The fourth-order valence-corrected chi connectivity index (χ4v) is 1.77. The zero-order valence-corrected chi connectivity index (χ0v) is 12.8. The van der Waals surface area contributed by atoms with E-state index in [0.717, 1.165) is 11.3 Å². The molecule has 0 atom stereocenters. The highest BCUT2D eigenvalue weighted by atomic mass is 32.1. The Morgan fingerprint density at radius 1 is 1.18 bits per heavy atom. The van der Waals surface area contributed by atoms with Crippen molar-refractivity contribution in [1.82, 2.24) is 21.2 Å². The molecule has 1 aromatic carbocycles. The molecule has 0 aliphatic carbocycles. The lowest BCUT2D eigenvalue weighted by molar-refractivity contribution is 0.0938. The van der Waals surface area contributed by atoms with Crippen LogP contribution in [0.5, 0.6) is 5.75 Å². The summed E-state index contributed by atoms with van der Waals surface area (Å²) in [6, 6.07) is 12.7. The lowest BCUT2D eigenvalue weighted by atomic mass is 10.2. The highest BCUT2D eigenvalue weighted by Gasteiger charge is 2.05. The van der Waals surface area contributed by atoms with E-state index < -0.39 is 0 Å². The Morgan fingerprint density at radius 2 is 1.95 bits per heavy atom. The van der Waals surface area contributed by atoms with Gasteiger partial charge in [-0.1, -0.05) is 18.2 Å². The predicted octanol–water partition coefficient (Wildman–Crippen LogP) is 1.40. The maximum absolute atomic E-state index is 11.8. The number of aromatic nitrogens is 1. The molecule has 114 valence electrons. The molecule has 7 heteroatoms. The first-order valence-electron chi connectivity index (χ1n) is 6.57. The summed E-state index contributed by atoms with van der Waals surface area (Å²) in [4.78, 5) is 15.7. The molecule has 0 aliphatic heterocycles. The topological polar surface area (TPSA) is 75.3 Å². The Hall–Kier alpha value is -2.67. The number of pyridine rings is 1. The van der Waals surface area contributed by atoms with Crippen molar-refractivity contribution in [2.45, 2.75) is 6.54 Å². The maximum atomic E-state index is 11.8. The first kappa shape index (κ1) is 15.7. The quantitative estimate of drug-likeness (QED) is 0.585. The number of carbonyl (C=O) groups excluding carboxylic acids is 1. The maximum Gasteiger partial charge on any atom is 0.288 e. The van der Waals surface area contributed by atoms with Gasteiger partial charge < -0.3 is 10.1 Å². The minimum atomic E-state index is -0.353. The van der Waals surface area contributed by atoms with Gasteiger partial charge in [-0.3, -0.25) is 20.6 Å². The molecule has 3 N–H and O–H groups in total. The van der Waals surface area contributed by atoms with Crippen molar-refractivity contribution >= 4 is 23.2 Å². The van der Waals surface area contributed by atoms with Crippen molar-refractivity contribution in [3.63, 3.8) is 0 Å². The van der Waals surface area contributed by atoms with Crippen LogP contribution in [0.25, 0.3) is 0 Å². The van der Waals surface area contributed by atoms with Gasteiger partial charge in [0, 0.05) is 12.7 Å². The molecule has 2 rings (SSSR count). The van der Waals surface area contributed by atoms with Gasteiger partial charge in [0.1, 0.15) is 11.4 Å². The summed E-state index contributed by atoms with van der Waals surface area (Å²) in [5.74, 6) is 0.446. The fourth-order valence-electron chi connectivity index (χ4n) is 1.64. The van der Waals surface area contributed by atoms with Gasteiger partial charge in [0.25, 0.3) is 5.91 Å². The number of nitrogens with one attached hydrogen (secondary N) is 3. The van der Waals surface area contributed by atoms with Crippen LogP contribution in [0, 0.1) is 0 Å². The summed E-state index contributed by atoms with van der Waals surface area (Å²) in [7, 11) is 1.62. The summed E-state index contributed by atoms with van der Waals surface area (Å²) in [6.07, 6.45) is 1.55. The number of hydrogen-bond donors (Lipinski definition) is 3. The Kier molecular flexibility index (Phi) is 5.67. The van der Waals surface area contributed by atoms with E-state index in [0.29, 0.717) is 17.4 Å². The standard InChI is InChI=1S/C15H16N4O2S/c1-21-12-7-5-11(6-8-12)10-17-15(22)19-18-14(20)13-4-2-3-9-16-13/h2-9H,10H2,1H3,(H,18,20)(H2,17,19,22). The zero-order chi connectivity index (χ0) is 15.8. The van der Waals surface area contributed by atoms with Gasteiger partial charge in [-0.2, -0.15) is 0 Å². The van der Waals surface area contributed by atoms with Gasteiger partial charge in [0.2, 0.25) is 0 Å². The molecule has 0 spiro atoms. The second kappa shape index (κ2) is 7.94. The summed E-state index contributed by atoms with van der Waals surface area (Å²) in [5, 5.41) is 3.31. The van der Waals surface area contributed by atoms with Gasteiger partial charge in [-0.05, 0) is 42.0 Å². The minimum Gasteiger partial charge on any atom is -0.497 e. The van der Waals surface area contributed by atoms with Crippen LogP contribution in [0.1, 0.15) is 16.1 Å². The third kappa shape index (κ3) is 4.71. The van der Waals surface area contributed by atoms with Crippen LogP contribution in [-0.4, -0.2) is 23.1 Å². The molecule has 0 radical (unpaired) electrons. The van der Waals surface area contributed by atoms with E-state index in [1.807, 2.05) is 24.3 Å². The highest BCUT2D eigenvalue weighted by Crippen LogP contribution is 2.10. The van der Waals surface area contributed by atoms with Crippen molar-refractivity contribution in [2.24, 2.45) is 0 Å². The zero-order valence-electron chi connectivity index (χ0n) is 12.0. The van der Waals surface area contributed by atoms with Crippen molar-refractivity contribution < 1.29 is 9.53 Å². The number of benzene rings is 1. The first-order chi connectivity index (χ1) is 10.7. The molecule has 0 saturated carbocycles. The van der Waals surface area contributed by atoms with Crippen LogP contribution in [0.15, 0.2) is 48.7 Å². The Balaban J connectivity index is 1.74. The number of thiocarbonyl (C=S) groups is 1. The first-order valence-corrected chi connectivity index (χ1v) is 6.98. The van der Waals surface area contributed by atoms with E-state index in [1.54, 1.807) is 31.5 Å². The van der Waals surface area contributed by atoms with Crippen LogP contribution in [0.3, 0.4) is 0 Å². The molecule has 0 unspecified atom stereocenters. The molecule has 2 aromatic rings. The van der Waals surface area contributed by atoms with Crippen molar-refractivity contribution in [2.75, 3.05) is 7.11 Å². The molecule has 0 aliphatic rings. The number of nitrogens with zero attached hydrogens (tertiary/aromatic N) is 1. The Morgan fingerprint density at radius 3 is 2.59 bits per heavy atom. The van der Waals surface area contributed by atoms with Crippen LogP contribution < -0.4 is 20.9 Å². The number of ether oxygens (including phenoxy) is 1. The lowest BCUT2D eigenvalue weighted by Crippen LogP contribution is -2.46. The average molecular weight is 316 g/mol. The smallest absolute Gasteiger partial charge is 0.288 e. The highest BCUT2D eigenvalue weighted by molar-refractivity contribution is 7.80. The van der Waals surface area contributed by atoms with Crippen molar-refractivity contribution in [1.29, 1.82) is 0 Å². The van der Waals surface area contributed by atoms with Gasteiger partial charge in [-0.25, -0.2) is 0 Å². The fraction of sp³-hybridized carbons (Fsp3) is 0.133. The molecular weight excluding hydrogens is 300 g/mol. The molecule has 1 aromatic heterocycles. The van der Waals surface area contributed by atoms with E-state index in [-0.39, 0.29) is 5.91 Å². The van der Waals surface area contributed by atoms with Crippen molar-refractivity contribution in [3.05, 3.63) is 59.9 Å². The molecule has 0 bridgehead atoms. The molecule has 1 amide bonds. The number of methoxy groups -OCH3 is 1. The molecule has 0 saturated heterocycles. The normalized spacial score (nSPS) is 9.68. The van der Waals surface area contributed by atoms with E-state index in [2.05, 4.69) is 21.2 Å².